The molecule has 1 aliphatic heterocycles. The van der Waals surface area contributed by atoms with Gasteiger partial charge in [-0.05, 0) is 17.7 Å². The van der Waals surface area contributed by atoms with Gasteiger partial charge >= 0.3 is 0 Å². The third-order valence-electron chi connectivity index (χ3n) is 4.39. The topological polar surface area (TPSA) is 75.9 Å². The summed E-state index contributed by atoms with van der Waals surface area (Å²) in [5.41, 5.74) is 1.80. The van der Waals surface area contributed by atoms with Crippen LogP contribution in [0.1, 0.15) is 15.9 Å². The van der Waals surface area contributed by atoms with Gasteiger partial charge in [-0.15, -0.1) is 0 Å². The number of rotatable bonds is 5. The number of carbonyl (C=O) groups is 1. The molecular formula is C19H21N3O4. The van der Waals surface area contributed by atoms with Gasteiger partial charge in [0.1, 0.15) is 5.69 Å². The highest BCUT2D eigenvalue weighted by molar-refractivity contribution is 5.95. The number of nitro groups is 1. The number of ether oxygens (including phenoxy) is 1. The van der Waals surface area contributed by atoms with Crippen LogP contribution in [0.25, 0.3) is 0 Å². The number of hydrogen-bond acceptors (Lipinski definition) is 5. The fourth-order valence-corrected chi connectivity index (χ4v) is 3.02. The van der Waals surface area contributed by atoms with Gasteiger partial charge in [-0.2, -0.15) is 0 Å². The second-order valence-corrected chi connectivity index (χ2v) is 6.21. The first-order valence-corrected chi connectivity index (χ1v) is 8.47. The van der Waals surface area contributed by atoms with Gasteiger partial charge in [-0.1, -0.05) is 30.3 Å². The maximum absolute atomic E-state index is 12.6. The number of anilines is 1. The summed E-state index contributed by atoms with van der Waals surface area (Å²) in [6.45, 7) is 2.53. The van der Waals surface area contributed by atoms with Gasteiger partial charge in [0.25, 0.3) is 11.6 Å². The zero-order valence-corrected chi connectivity index (χ0v) is 14.6. The third kappa shape index (κ3) is 4.00. The van der Waals surface area contributed by atoms with Crippen LogP contribution in [0.15, 0.2) is 48.5 Å². The number of amides is 1. The van der Waals surface area contributed by atoms with Crippen molar-refractivity contribution in [2.24, 2.45) is 0 Å². The number of benzene rings is 2. The smallest absolute Gasteiger partial charge is 0.293 e. The van der Waals surface area contributed by atoms with Crippen molar-refractivity contribution >= 4 is 17.3 Å². The van der Waals surface area contributed by atoms with Gasteiger partial charge in [-0.3, -0.25) is 14.9 Å². The van der Waals surface area contributed by atoms with E-state index in [2.05, 4.69) is 0 Å². The van der Waals surface area contributed by atoms with E-state index in [4.69, 9.17) is 4.74 Å². The van der Waals surface area contributed by atoms with E-state index in [0.29, 0.717) is 44.1 Å². The lowest BCUT2D eigenvalue weighted by Gasteiger charge is -2.27. The highest BCUT2D eigenvalue weighted by Crippen LogP contribution is 2.30. The van der Waals surface area contributed by atoms with Crippen molar-refractivity contribution in [3.8, 4) is 0 Å². The van der Waals surface area contributed by atoms with Crippen LogP contribution in [0.2, 0.25) is 0 Å². The molecule has 7 nitrogen and oxygen atoms in total. The molecule has 0 saturated carbocycles. The lowest BCUT2D eigenvalue weighted by Crippen LogP contribution is -2.40. The normalized spacial score (nSPS) is 14.1. The van der Waals surface area contributed by atoms with E-state index < -0.39 is 4.92 Å². The largest absolute Gasteiger partial charge is 0.378 e. The molecule has 26 heavy (non-hydrogen) atoms. The minimum atomic E-state index is -0.438. The zero-order chi connectivity index (χ0) is 18.5. The number of nitrogens with zero attached hydrogens (tertiary/aromatic N) is 3. The van der Waals surface area contributed by atoms with Crippen LogP contribution in [0.4, 0.5) is 11.4 Å². The quantitative estimate of drug-likeness (QED) is 0.609. The molecule has 1 fully saturated rings. The van der Waals surface area contributed by atoms with Gasteiger partial charge < -0.3 is 14.5 Å². The summed E-state index contributed by atoms with van der Waals surface area (Å²) < 4.78 is 5.25. The number of hydrogen-bond donors (Lipinski definition) is 0. The average molecular weight is 355 g/mol. The Morgan fingerprint density at radius 3 is 2.54 bits per heavy atom. The average Bonchev–Trinajstić information content (AvgIpc) is 2.68. The second kappa shape index (κ2) is 7.97. The van der Waals surface area contributed by atoms with E-state index in [0.717, 1.165) is 5.56 Å². The Morgan fingerprint density at radius 2 is 1.88 bits per heavy atom. The Balaban J connectivity index is 1.84. The maximum atomic E-state index is 12.6. The van der Waals surface area contributed by atoms with E-state index in [-0.39, 0.29) is 11.6 Å². The summed E-state index contributed by atoms with van der Waals surface area (Å²) in [5, 5.41) is 11.6. The van der Waals surface area contributed by atoms with E-state index >= 15 is 0 Å². The van der Waals surface area contributed by atoms with Gasteiger partial charge in [-0.25, -0.2) is 0 Å². The molecule has 0 radical (unpaired) electrons. The molecule has 1 heterocycles. The summed E-state index contributed by atoms with van der Waals surface area (Å²) in [4.78, 5) is 27.2. The lowest BCUT2D eigenvalue weighted by molar-refractivity contribution is -0.384. The third-order valence-corrected chi connectivity index (χ3v) is 4.39. The minimum absolute atomic E-state index is 0.0671. The molecule has 7 heteroatoms. The molecule has 0 bridgehead atoms. The minimum Gasteiger partial charge on any atom is -0.378 e. The fraction of sp³-hybridized carbons (Fsp3) is 0.316. The summed E-state index contributed by atoms with van der Waals surface area (Å²) in [6, 6.07) is 14.4. The van der Waals surface area contributed by atoms with E-state index in [9.17, 15) is 14.9 Å². The van der Waals surface area contributed by atoms with Crippen LogP contribution in [0.5, 0.6) is 0 Å². The highest BCUT2D eigenvalue weighted by atomic mass is 16.6. The van der Waals surface area contributed by atoms with Crippen molar-refractivity contribution in [3.63, 3.8) is 0 Å². The van der Waals surface area contributed by atoms with Crippen LogP contribution in [-0.2, 0) is 11.3 Å². The van der Waals surface area contributed by atoms with E-state index in [1.165, 1.54) is 6.07 Å². The molecule has 0 atom stereocenters. The summed E-state index contributed by atoms with van der Waals surface area (Å²) in [6.07, 6.45) is 0. The van der Waals surface area contributed by atoms with Crippen molar-refractivity contribution < 1.29 is 14.5 Å². The van der Waals surface area contributed by atoms with Gasteiger partial charge in [0.05, 0.1) is 18.1 Å². The van der Waals surface area contributed by atoms with Gasteiger partial charge in [0.15, 0.2) is 0 Å². The Morgan fingerprint density at radius 1 is 1.19 bits per heavy atom. The van der Waals surface area contributed by atoms with E-state index in [1.54, 1.807) is 24.1 Å². The SMILES string of the molecule is CN(Cc1ccccc1)c1ccc(C(=O)N2CCOCC2)cc1[N+](=O)[O-]. The predicted octanol–water partition coefficient (Wildman–Crippen LogP) is 2.70. The first-order chi connectivity index (χ1) is 12.6. The van der Waals surface area contributed by atoms with Crippen LogP contribution in [0, 0.1) is 10.1 Å². The molecule has 3 rings (SSSR count). The molecule has 1 aliphatic rings. The van der Waals surface area contributed by atoms with Gasteiger partial charge in [0.2, 0.25) is 0 Å². The Hall–Kier alpha value is -2.93. The predicted molar refractivity (Wildman–Crippen MR) is 98.4 cm³/mol. The standard InChI is InChI=1S/C19H21N3O4/c1-20(14-15-5-3-2-4-6-15)17-8-7-16(13-18(17)22(24)25)19(23)21-9-11-26-12-10-21/h2-8,13H,9-12,14H2,1H3. The molecule has 0 spiro atoms. The summed E-state index contributed by atoms with van der Waals surface area (Å²) >= 11 is 0. The van der Waals surface area contributed by atoms with Crippen molar-refractivity contribution in [2.45, 2.75) is 6.54 Å². The Labute approximate surface area is 151 Å². The molecular weight excluding hydrogens is 334 g/mol. The van der Waals surface area contributed by atoms with Crippen molar-refractivity contribution in [1.82, 2.24) is 4.90 Å². The van der Waals surface area contributed by atoms with Crippen molar-refractivity contribution in [1.29, 1.82) is 0 Å². The lowest BCUT2D eigenvalue weighted by atomic mass is 10.1. The number of carbonyl (C=O) groups excluding carboxylic acids is 1. The first kappa shape index (κ1) is 17.9. The molecule has 1 saturated heterocycles. The number of morpholine rings is 1. The first-order valence-electron chi connectivity index (χ1n) is 8.47. The van der Waals surface area contributed by atoms with Crippen LogP contribution in [-0.4, -0.2) is 49.1 Å². The number of nitro benzene ring substituents is 1. The van der Waals surface area contributed by atoms with Crippen LogP contribution in [0.3, 0.4) is 0 Å². The molecule has 0 unspecified atom stereocenters. The molecule has 1 amide bonds. The van der Waals surface area contributed by atoms with Crippen LogP contribution < -0.4 is 4.90 Å². The Kier molecular flexibility index (Phi) is 5.48. The zero-order valence-electron chi connectivity index (χ0n) is 14.6. The summed E-state index contributed by atoms with van der Waals surface area (Å²) in [7, 11) is 1.80. The molecule has 2 aromatic rings. The maximum Gasteiger partial charge on any atom is 0.293 e. The van der Waals surface area contributed by atoms with Gasteiger partial charge in [0, 0.05) is 38.3 Å². The molecule has 2 aromatic carbocycles. The second-order valence-electron chi connectivity index (χ2n) is 6.21. The van der Waals surface area contributed by atoms with Crippen molar-refractivity contribution in [2.75, 3.05) is 38.3 Å². The van der Waals surface area contributed by atoms with Crippen LogP contribution >= 0.6 is 0 Å². The van der Waals surface area contributed by atoms with E-state index in [1.807, 2.05) is 35.2 Å². The monoisotopic (exact) mass is 355 g/mol. The fourth-order valence-electron chi connectivity index (χ4n) is 3.02. The Bertz CT molecular complexity index is 789. The van der Waals surface area contributed by atoms with Crippen molar-refractivity contribution in [3.05, 3.63) is 69.8 Å². The summed E-state index contributed by atoms with van der Waals surface area (Å²) in [5.74, 6) is -0.200. The molecule has 0 aliphatic carbocycles. The molecule has 0 N–H and O–H groups in total. The molecule has 136 valence electrons. The highest BCUT2D eigenvalue weighted by Gasteiger charge is 2.24. The molecule has 0 aromatic heterocycles.